The SMILES string of the molecule is Cc1ccc(Sc2ccc(/C=N\NC(=O)c3ccc(Cl)cc3)cc2)cc1. The van der Waals surface area contributed by atoms with Crippen LogP contribution in [0.4, 0.5) is 0 Å². The summed E-state index contributed by atoms with van der Waals surface area (Å²) in [6.07, 6.45) is 1.62. The van der Waals surface area contributed by atoms with Crippen LogP contribution in [0, 0.1) is 6.92 Å². The van der Waals surface area contributed by atoms with Gasteiger partial charge in [-0.2, -0.15) is 5.10 Å². The molecule has 0 aliphatic carbocycles. The van der Waals surface area contributed by atoms with Gasteiger partial charge in [0.1, 0.15) is 0 Å². The van der Waals surface area contributed by atoms with E-state index in [1.165, 1.54) is 10.5 Å². The van der Waals surface area contributed by atoms with E-state index in [-0.39, 0.29) is 5.91 Å². The average molecular weight is 381 g/mol. The van der Waals surface area contributed by atoms with E-state index in [0.29, 0.717) is 10.6 Å². The molecule has 1 N–H and O–H groups in total. The number of halogens is 1. The number of nitrogens with one attached hydrogen (secondary N) is 1. The number of amides is 1. The van der Waals surface area contributed by atoms with Crippen molar-refractivity contribution in [2.45, 2.75) is 16.7 Å². The van der Waals surface area contributed by atoms with Crippen molar-refractivity contribution in [2.24, 2.45) is 5.10 Å². The third-order valence-electron chi connectivity index (χ3n) is 3.62. The maximum absolute atomic E-state index is 12.0. The Morgan fingerprint density at radius 2 is 1.50 bits per heavy atom. The van der Waals surface area contributed by atoms with E-state index < -0.39 is 0 Å². The Bertz CT molecular complexity index is 904. The van der Waals surface area contributed by atoms with Crippen LogP contribution in [0.15, 0.2) is 87.7 Å². The van der Waals surface area contributed by atoms with Gasteiger partial charge >= 0.3 is 0 Å². The zero-order chi connectivity index (χ0) is 18.4. The molecule has 3 rings (SSSR count). The predicted molar refractivity (Wildman–Crippen MR) is 108 cm³/mol. The van der Waals surface area contributed by atoms with Gasteiger partial charge in [-0.15, -0.1) is 0 Å². The minimum absolute atomic E-state index is 0.274. The van der Waals surface area contributed by atoms with E-state index in [0.717, 1.165) is 10.5 Å². The molecule has 0 aliphatic heterocycles. The molecule has 0 saturated heterocycles. The van der Waals surface area contributed by atoms with Gasteiger partial charge in [-0.05, 0) is 61.0 Å². The second-order valence-electron chi connectivity index (χ2n) is 5.69. The van der Waals surface area contributed by atoms with E-state index in [1.807, 2.05) is 24.3 Å². The topological polar surface area (TPSA) is 41.5 Å². The molecule has 3 nitrogen and oxygen atoms in total. The summed E-state index contributed by atoms with van der Waals surface area (Å²) in [6, 6.07) is 23.1. The number of carbonyl (C=O) groups excluding carboxylic acids is 1. The molecule has 0 fully saturated rings. The molecular weight excluding hydrogens is 364 g/mol. The zero-order valence-electron chi connectivity index (χ0n) is 14.1. The van der Waals surface area contributed by atoms with Gasteiger partial charge in [0, 0.05) is 20.4 Å². The number of carbonyl (C=O) groups is 1. The fourth-order valence-corrected chi connectivity index (χ4v) is 3.14. The van der Waals surface area contributed by atoms with E-state index in [4.69, 9.17) is 11.6 Å². The molecular formula is C21H17ClN2OS. The highest BCUT2D eigenvalue weighted by Gasteiger charge is 2.03. The number of aryl methyl sites for hydroxylation is 1. The van der Waals surface area contributed by atoms with Gasteiger partial charge < -0.3 is 0 Å². The van der Waals surface area contributed by atoms with Crippen molar-refractivity contribution in [1.82, 2.24) is 5.43 Å². The van der Waals surface area contributed by atoms with Gasteiger partial charge in [-0.3, -0.25) is 4.79 Å². The molecule has 0 radical (unpaired) electrons. The highest BCUT2D eigenvalue weighted by Crippen LogP contribution is 2.27. The Morgan fingerprint density at radius 1 is 0.923 bits per heavy atom. The second-order valence-corrected chi connectivity index (χ2v) is 7.27. The maximum atomic E-state index is 12.0. The lowest BCUT2D eigenvalue weighted by Gasteiger charge is -2.03. The molecule has 0 spiro atoms. The first kappa shape index (κ1) is 18.2. The Kier molecular flexibility index (Phi) is 6.10. The summed E-state index contributed by atoms with van der Waals surface area (Å²) in [5.41, 5.74) is 5.18. The molecule has 5 heteroatoms. The van der Waals surface area contributed by atoms with Crippen LogP contribution in [0.25, 0.3) is 0 Å². The first-order chi connectivity index (χ1) is 12.6. The molecule has 3 aromatic rings. The van der Waals surface area contributed by atoms with E-state index in [2.05, 4.69) is 41.7 Å². The largest absolute Gasteiger partial charge is 0.271 e. The van der Waals surface area contributed by atoms with Crippen LogP contribution in [-0.4, -0.2) is 12.1 Å². The lowest BCUT2D eigenvalue weighted by atomic mass is 10.2. The summed E-state index contributed by atoms with van der Waals surface area (Å²) in [5, 5.41) is 4.59. The molecule has 26 heavy (non-hydrogen) atoms. The second kappa shape index (κ2) is 8.70. The fourth-order valence-electron chi connectivity index (χ4n) is 2.20. The third kappa shape index (κ3) is 5.22. The Balaban J connectivity index is 1.56. The van der Waals surface area contributed by atoms with Crippen molar-refractivity contribution in [3.8, 4) is 0 Å². The molecule has 0 aromatic heterocycles. The number of hydrogen-bond acceptors (Lipinski definition) is 3. The van der Waals surface area contributed by atoms with E-state index in [9.17, 15) is 4.79 Å². The summed E-state index contributed by atoms with van der Waals surface area (Å²) in [7, 11) is 0. The minimum Gasteiger partial charge on any atom is -0.267 e. The van der Waals surface area contributed by atoms with Crippen molar-refractivity contribution < 1.29 is 4.79 Å². The summed E-state index contributed by atoms with van der Waals surface area (Å²) in [5.74, 6) is -0.274. The monoisotopic (exact) mass is 380 g/mol. The summed E-state index contributed by atoms with van der Waals surface area (Å²) >= 11 is 7.52. The van der Waals surface area contributed by atoms with Gasteiger partial charge in [0.05, 0.1) is 6.21 Å². The fraction of sp³-hybridized carbons (Fsp3) is 0.0476. The van der Waals surface area contributed by atoms with Crippen LogP contribution < -0.4 is 5.43 Å². The van der Waals surface area contributed by atoms with Gasteiger partial charge in [-0.25, -0.2) is 5.43 Å². The van der Waals surface area contributed by atoms with Gasteiger partial charge in [0.25, 0.3) is 5.91 Å². The van der Waals surface area contributed by atoms with E-state index >= 15 is 0 Å². The van der Waals surface area contributed by atoms with Crippen molar-refractivity contribution in [3.63, 3.8) is 0 Å². The summed E-state index contributed by atoms with van der Waals surface area (Å²) in [6.45, 7) is 2.08. The Hall–Kier alpha value is -2.56. The molecule has 0 atom stereocenters. The predicted octanol–water partition coefficient (Wildman–Crippen LogP) is 5.56. The Labute approximate surface area is 162 Å². The third-order valence-corrected chi connectivity index (χ3v) is 4.89. The van der Waals surface area contributed by atoms with Crippen molar-refractivity contribution >= 4 is 35.5 Å². The highest BCUT2D eigenvalue weighted by molar-refractivity contribution is 7.99. The van der Waals surface area contributed by atoms with E-state index in [1.54, 1.807) is 42.2 Å². The minimum atomic E-state index is -0.274. The number of hydrogen-bond donors (Lipinski definition) is 1. The van der Waals surface area contributed by atoms with Crippen molar-refractivity contribution in [2.75, 3.05) is 0 Å². The lowest BCUT2D eigenvalue weighted by Crippen LogP contribution is -2.17. The lowest BCUT2D eigenvalue weighted by molar-refractivity contribution is 0.0955. The standard InChI is InChI=1S/C21H17ClN2OS/c1-15-2-10-19(11-3-15)26-20-12-4-16(5-13-20)14-23-24-21(25)17-6-8-18(22)9-7-17/h2-14H,1H3,(H,24,25)/b23-14-. The molecule has 1 amide bonds. The molecule has 3 aromatic carbocycles. The number of rotatable bonds is 5. The van der Waals surface area contributed by atoms with Crippen molar-refractivity contribution in [1.29, 1.82) is 0 Å². The first-order valence-electron chi connectivity index (χ1n) is 8.04. The van der Waals surface area contributed by atoms with Crippen LogP contribution in [-0.2, 0) is 0 Å². The van der Waals surface area contributed by atoms with Crippen LogP contribution in [0.1, 0.15) is 21.5 Å². The molecule has 0 aliphatic rings. The first-order valence-corrected chi connectivity index (χ1v) is 9.23. The Morgan fingerprint density at radius 3 is 2.12 bits per heavy atom. The van der Waals surface area contributed by atoms with Crippen LogP contribution >= 0.6 is 23.4 Å². The molecule has 0 saturated carbocycles. The average Bonchev–Trinajstić information content (AvgIpc) is 2.65. The van der Waals surface area contributed by atoms with Crippen LogP contribution in [0.2, 0.25) is 5.02 Å². The van der Waals surface area contributed by atoms with Gasteiger partial charge in [-0.1, -0.05) is 53.2 Å². The number of nitrogens with zero attached hydrogens (tertiary/aromatic N) is 1. The van der Waals surface area contributed by atoms with Crippen LogP contribution in [0.5, 0.6) is 0 Å². The van der Waals surface area contributed by atoms with Gasteiger partial charge in [0.15, 0.2) is 0 Å². The number of hydrazone groups is 1. The van der Waals surface area contributed by atoms with Gasteiger partial charge in [0.2, 0.25) is 0 Å². The zero-order valence-corrected chi connectivity index (χ0v) is 15.7. The van der Waals surface area contributed by atoms with Crippen molar-refractivity contribution in [3.05, 3.63) is 94.5 Å². The van der Waals surface area contributed by atoms with Crippen LogP contribution in [0.3, 0.4) is 0 Å². The summed E-state index contributed by atoms with van der Waals surface area (Å²) < 4.78 is 0. The number of benzene rings is 3. The molecule has 0 bridgehead atoms. The molecule has 130 valence electrons. The quantitative estimate of drug-likeness (QED) is 0.464. The normalized spacial score (nSPS) is 10.8. The molecule has 0 heterocycles. The molecule has 0 unspecified atom stereocenters. The summed E-state index contributed by atoms with van der Waals surface area (Å²) in [4.78, 5) is 14.3. The highest BCUT2D eigenvalue weighted by atomic mass is 35.5. The maximum Gasteiger partial charge on any atom is 0.271 e. The smallest absolute Gasteiger partial charge is 0.267 e.